The van der Waals surface area contributed by atoms with Crippen molar-refractivity contribution < 1.29 is 24.2 Å². The molecule has 0 saturated heterocycles. The van der Waals surface area contributed by atoms with E-state index in [-0.39, 0.29) is 11.8 Å². The maximum absolute atomic E-state index is 12.3. The van der Waals surface area contributed by atoms with Crippen LogP contribution in [-0.2, 0) is 14.3 Å². The highest BCUT2D eigenvalue weighted by Crippen LogP contribution is 2.62. The Morgan fingerprint density at radius 1 is 1.12 bits per heavy atom. The molecule has 4 aliphatic rings. The van der Waals surface area contributed by atoms with Crippen molar-refractivity contribution in [2.45, 2.75) is 76.9 Å². The average molecular weight is 366 g/mol. The zero-order valence-corrected chi connectivity index (χ0v) is 15.9. The largest absolute Gasteiger partial charge is 0.456 e. The number of hydrogen-bond acceptors (Lipinski definition) is 5. The number of urea groups is 1. The lowest BCUT2D eigenvalue weighted by atomic mass is 9.47. The number of ether oxygens (including phenoxy) is 1. The second-order valence-corrected chi connectivity index (χ2v) is 9.78. The highest BCUT2D eigenvalue weighted by atomic mass is 16.5. The minimum atomic E-state index is -0.649. The first-order valence-corrected chi connectivity index (χ1v) is 9.46. The minimum Gasteiger partial charge on any atom is -0.456 e. The molecule has 4 rings (SSSR count). The van der Waals surface area contributed by atoms with E-state index >= 15 is 0 Å². The minimum absolute atomic E-state index is 0.185. The van der Waals surface area contributed by atoms with E-state index in [1.165, 1.54) is 0 Å². The molecule has 0 aromatic carbocycles. The first-order valence-electron chi connectivity index (χ1n) is 9.46. The molecule has 0 heterocycles. The third kappa shape index (κ3) is 4.55. The van der Waals surface area contributed by atoms with E-state index in [9.17, 15) is 19.5 Å². The summed E-state index contributed by atoms with van der Waals surface area (Å²) in [6.07, 6.45) is 5.68. The zero-order valence-electron chi connectivity index (χ0n) is 15.9. The van der Waals surface area contributed by atoms with Gasteiger partial charge in [-0.15, -0.1) is 0 Å². The predicted octanol–water partition coefficient (Wildman–Crippen LogP) is 1.88. The van der Waals surface area contributed by atoms with Crippen LogP contribution >= 0.6 is 0 Å². The molecule has 0 aromatic rings. The van der Waals surface area contributed by atoms with Crippen molar-refractivity contribution >= 4 is 17.9 Å². The number of aliphatic hydroxyl groups is 1. The standard InChI is InChI=1S/C19H30N2O5/c1-17(2,3)21-16(24)20-14(22)10-26-15(23)9-18-5-12-4-13(6-18)8-19(25,7-12)11-18/h12-13,25H,4-11H2,1-3H3,(H2,20,21,22,24). The van der Waals surface area contributed by atoms with Crippen LogP contribution in [0, 0.1) is 17.3 Å². The summed E-state index contributed by atoms with van der Waals surface area (Å²) < 4.78 is 5.09. The van der Waals surface area contributed by atoms with Gasteiger partial charge in [0.15, 0.2) is 6.61 Å². The summed E-state index contributed by atoms with van der Waals surface area (Å²) in [5.74, 6) is -0.0805. The normalized spacial score (nSPS) is 35.1. The fourth-order valence-corrected chi connectivity index (χ4v) is 5.65. The Labute approximate surface area is 154 Å². The Kier molecular flexibility index (Phi) is 4.80. The van der Waals surface area contributed by atoms with E-state index in [2.05, 4.69) is 10.6 Å². The number of nitrogens with one attached hydrogen (secondary N) is 2. The summed E-state index contributed by atoms with van der Waals surface area (Å²) in [5, 5.41) is 15.5. The van der Waals surface area contributed by atoms with Crippen LogP contribution in [-0.4, -0.2) is 40.8 Å². The van der Waals surface area contributed by atoms with Crippen LogP contribution in [0.3, 0.4) is 0 Å². The van der Waals surface area contributed by atoms with Crippen LogP contribution in [0.25, 0.3) is 0 Å². The molecule has 0 aliphatic heterocycles. The first-order chi connectivity index (χ1) is 12.0. The Bertz CT molecular complexity index is 596. The highest BCUT2D eigenvalue weighted by molar-refractivity contribution is 5.95. The van der Waals surface area contributed by atoms with Gasteiger partial charge in [0.1, 0.15) is 0 Å². The summed E-state index contributed by atoms with van der Waals surface area (Å²) >= 11 is 0. The number of carbonyl (C=O) groups excluding carboxylic acids is 3. The maximum atomic E-state index is 12.3. The van der Waals surface area contributed by atoms with Gasteiger partial charge < -0.3 is 15.2 Å². The third-order valence-electron chi connectivity index (χ3n) is 5.78. The molecule has 2 unspecified atom stereocenters. The SMILES string of the molecule is CC(C)(C)NC(=O)NC(=O)COC(=O)CC12CC3CC(CC(O)(C3)C1)C2. The van der Waals surface area contributed by atoms with Crippen LogP contribution in [0.5, 0.6) is 0 Å². The lowest BCUT2D eigenvalue weighted by molar-refractivity contribution is -0.177. The number of imide groups is 1. The number of carbonyl (C=O) groups is 3. The lowest BCUT2D eigenvalue weighted by Crippen LogP contribution is -2.56. The van der Waals surface area contributed by atoms with Crippen molar-refractivity contribution in [1.82, 2.24) is 10.6 Å². The fourth-order valence-electron chi connectivity index (χ4n) is 5.65. The molecule has 4 saturated carbocycles. The molecule has 7 nitrogen and oxygen atoms in total. The van der Waals surface area contributed by atoms with Crippen molar-refractivity contribution in [3.05, 3.63) is 0 Å². The molecule has 2 atom stereocenters. The van der Waals surface area contributed by atoms with Crippen LogP contribution in [0.1, 0.15) is 65.7 Å². The topological polar surface area (TPSA) is 105 Å². The zero-order chi connectivity index (χ0) is 19.2. The average Bonchev–Trinajstić information content (AvgIpc) is 2.39. The van der Waals surface area contributed by atoms with Gasteiger partial charge in [-0.1, -0.05) is 0 Å². The van der Waals surface area contributed by atoms with Gasteiger partial charge in [-0.2, -0.15) is 0 Å². The Morgan fingerprint density at radius 3 is 2.27 bits per heavy atom. The van der Waals surface area contributed by atoms with Gasteiger partial charge in [-0.25, -0.2) is 4.79 Å². The van der Waals surface area contributed by atoms with E-state index in [1.807, 2.05) is 0 Å². The second kappa shape index (κ2) is 6.51. The molecule has 4 bridgehead atoms. The number of amides is 3. The monoisotopic (exact) mass is 366 g/mol. The molecule has 3 amide bonds. The molecule has 7 heteroatoms. The Morgan fingerprint density at radius 2 is 1.73 bits per heavy atom. The van der Waals surface area contributed by atoms with Gasteiger partial charge in [0.05, 0.1) is 12.0 Å². The van der Waals surface area contributed by atoms with Gasteiger partial charge in [-0.3, -0.25) is 14.9 Å². The Balaban J connectivity index is 1.46. The molecule has 0 aromatic heterocycles. The van der Waals surface area contributed by atoms with E-state index in [4.69, 9.17) is 4.74 Å². The predicted molar refractivity (Wildman–Crippen MR) is 94.1 cm³/mol. The number of esters is 1. The van der Waals surface area contributed by atoms with Gasteiger partial charge in [0.25, 0.3) is 5.91 Å². The first kappa shape index (κ1) is 19.1. The summed E-state index contributed by atoms with van der Waals surface area (Å²) in [7, 11) is 0. The van der Waals surface area contributed by atoms with Gasteiger partial charge in [0, 0.05) is 5.54 Å². The van der Waals surface area contributed by atoms with E-state index in [1.54, 1.807) is 20.8 Å². The van der Waals surface area contributed by atoms with Crippen LogP contribution in [0.2, 0.25) is 0 Å². The van der Waals surface area contributed by atoms with Crippen LogP contribution in [0.15, 0.2) is 0 Å². The number of hydrogen-bond donors (Lipinski definition) is 3. The quantitative estimate of drug-likeness (QED) is 0.659. The van der Waals surface area contributed by atoms with Crippen molar-refractivity contribution in [3.8, 4) is 0 Å². The molecule has 3 N–H and O–H groups in total. The molecular weight excluding hydrogens is 336 g/mol. The fraction of sp³-hybridized carbons (Fsp3) is 0.842. The molecule has 4 fully saturated rings. The molecule has 0 spiro atoms. The van der Waals surface area contributed by atoms with Crippen LogP contribution in [0.4, 0.5) is 4.79 Å². The Hall–Kier alpha value is -1.63. The van der Waals surface area contributed by atoms with Gasteiger partial charge in [0.2, 0.25) is 0 Å². The van der Waals surface area contributed by atoms with Gasteiger partial charge >= 0.3 is 12.0 Å². The van der Waals surface area contributed by atoms with Crippen molar-refractivity contribution in [1.29, 1.82) is 0 Å². The number of rotatable bonds is 4. The van der Waals surface area contributed by atoms with Crippen molar-refractivity contribution in [2.75, 3.05) is 6.61 Å². The smallest absolute Gasteiger partial charge is 0.321 e. The lowest BCUT2D eigenvalue weighted by Gasteiger charge is -2.60. The van der Waals surface area contributed by atoms with Crippen molar-refractivity contribution in [2.24, 2.45) is 17.3 Å². The second-order valence-electron chi connectivity index (χ2n) is 9.78. The maximum Gasteiger partial charge on any atom is 0.321 e. The molecule has 146 valence electrons. The summed E-state index contributed by atoms with van der Waals surface area (Å²) in [4.78, 5) is 35.7. The third-order valence-corrected chi connectivity index (χ3v) is 5.78. The molecular formula is C19H30N2O5. The summed E-state index contributed by atoms with van der Waals surface area (Å²) in [6.45, 7) is 4.94. The summed E-state index contributed by atoms with van der Waals surface area (Å²) in [6, 6.07) is -0.609. The van der Waals surface area contributed by atoms with E-state index < -0.39 is 35.7 Å². The van der Waals surface area contributed by atoms with E-state index in [0.717, 1.165) is 32.1 Å². The molecule has 26 heavy (non-hydrogen) atoms. The van der Waals surface area contributed by atoms with Crippen LogP contribution < -0.4 is 10.6 Å². The van der Waals surface area contributed by atoms with Crippen molar-refractivity contribution in [3.63, 3.8) is 0 Å². The van der Waals surface area contributed by atoms with E-state index in [0.29, 0.717) is 18.3 Å². The van der Waals surface area contributed by atoms with Gasteiger partial charge in [-0.05, 0) is 76.5 Å². The highest BCUT2D eigenvalue weighted by Gasteiger charge is 2.57. The molecule has 4 aliphatic carbocycles. The molecule has 0 radical (unpaired) electrons. The summed E-state index contributed by atoms with van der Waals surface area (Å²) in [5.41, 5.74) is -1.26.